The van der Waals surface area contributed by atoms with Gasteiger partial charge in [0, 0.05) is 5.02 Å². The summed E-state index contributed by atoms with van der Waals surface area (Å²) in [7, 11) is 0. The minimum atomic E-state index is 0.572. The lowest BCUT2D eigenvalue weighted by atomic mass is 10.1. The topological polar surface area (TPSA) is 21.3 Å². The molecule has 2 nitrogen and oxygen atoms in total. The molecule has 1 aliphatic heterocycles. The highest BCUT2D eigenvalue weighted by Gasteiger charge is 2.16. The largest absolute Gasteiger partial charge is 0.378 e. The van der Waals surface area contributed by atoms with Crippen molar-refractivity contribution in [1.82, 2.24) is 5.32 Å². The summed E-state index contributed by atoms with van der Waals surface area (Å²) in [5.41, 5.74) is 1.32. The number of nitrogens with one attached hydrogen (secondary N) is 1. The summed E-state index contributed by atoms with van der Waals surface area (Å²) >= 11 is 5.80. The van der Waals surface area contributed by atoms with Crippen molar-refractivity contribution < 1.29 is 4.74 Å². The van der Waals surface area contributed by atoms with Gasteiger partial charge in [-0.25, -0.2) is 0 Å². The van der Waals surface area contributed by atoms with Crippen LogP contribution in [0.1, 0.15) is 5.56 Å². The third kappa shape index (κ3) is 2.71. The lowest BCUT2D eigenvalue weighted by Crippen LogP contribution is -2.46. The molecule has 76 valence electrons. The molecule has 0 radical (unpaired) electrons. The molecule has 0 spiro atoms. The van der Waals surface area contributed by atoms with Crippen molar-refractivity contribution in [2.75, 3.05) is 19.8 Å². The van der Waals surface area contributed by atoms with Crippen LogP contribution in [0, 0.1) is 0 Å². The highest BCUT2D eigenvalue weighted by Crippen LogP contribution is 2.09. The molecule has 0 aliphatic carbocycles. The number of benzene rings is 1. The van der Waals surface area contributed by atoms with Gasteiger partial charge in [0.25, 0.3) is 0 Å². The minimum absolute atomic E-state index is 0.572. The summed E-state index contributed by atoms with van der Waals surface area (Å²) in [6.07, 6.45) is 1.05. The molecule has 0 bridgehead atoms. The SMILES string of the molecule is Clc1ccc(CCNC2COC2)cc1. The van der Waals surface area contributed by atoms with Crippen LogP contribution in [0.5, 0.6) is 0 Å². The fourth-order valence-electron chi connectivity index (χ4n) is 1.43. The number of hydrogen-bond acceptors (Lipinski definition) is 2. The number of rotatable bonds is 4. The Morgan fingerprint density at radius 2 is 2.00 bits per heavy atom. The Balaban J connectivity index is 1.71. The zero-order valence-corrected chi connectivity index (χ0v) is 8.76. The molecule has 1 aromatic carbocycles. The Labute approximate surface area is 89.2 Å². The van der Waals surface area contributed by atoms with Gasteiger partial charge in [-0.15, -0.1) is 0 Å². The van der Waals surface area contributed by atoms with Crippen LogP contribution in [0.4, 0.5) is 0 Å². The fraction of sp³-hybridized carbons (Fsp3) is 0.455. The van der Waals surface area contributed by atoms with E-state index in [1.54, 1.807) is 0 Å². The second-order valence-corrected chi connectivity index (χ2v) is 4.00. The molecule has 1 aliphatic rings. The monoisotopic (exact) mass is 211 g/mol. The van der Waals surface area contributed by atoms with Gasteiger partial charge in [0.15, 0.2) is 0 Å². The first-order chi connectivity index (χ1) is 6.84. The minimum Gasteiger partial charge on any atom is -0.378 e. The highest BCUT2D eigenvalue weighted by molar-refractivity contribution is 6.30. The van der Waals surface area contributed by atoms with Crippen LogP contribution in [-0.4, -0.2) is 25.8 Å². The van der Waals surface area contributed by atoms with Crippen molar-refractivity contribution in [2.45, 2.75) is 12.5 Å². The van der Waals surface area contributed by atoms with Gasteiger partial charge in [-0.2, -0.15) is 0 Å². The normalized spacial score (nSPS) is 16.6. The van der Waals surface area contributed by atoms with Gasteiger partial charge in [-0.1, -0.05) is 23.7 Å². The summed E-state index contributed by atoms with van der Waals surface area (Å²) in [6, 6.07) is 8.58. The lowest BCUT2D eigenvalue weighted by Gasteiger charge is -2.26. The molecule has 1 saturated heterocycles. The maximum absolute atomic E-state index is 5.80. The quantitative estimate of drug-likeness (QED) is 0.821. The van der Waals surface area contributed by atoms with Crippen molar-refractivity contribution in [3.05, 3.63) is 34.9 Å². The first-order valence-electron chi connectivity index (χ1n) is 4.90. The van der Waals surface area contributed by atoms with Crippen LogP contribution in [0.15, 0.2) is 24.3 Å². The van der Waals surface area contributed by atoms with E-state index >= 15 is 0 Å². The molecule has 0 atom stereocenters. The van der Waals surface area contributed by atoms with Gasteiger partial charge >= 0.3 is 0 Å². The summed E-state index contributed by atoms with van der Waals surface area (Å²) in [5.74, 6) is 0. The Hall–Kier alpha value is -0.570. The molecule has 0 amide bonds. The van der Waals surface area contributed by atoms with Crippen molar-refractivity contribution in [3.63, 3.8) is 0 Å². The van der Waals surface area contributed by atoms with Gasteiger partial charge in [0.05, 0.1) is 19.3 Å². The summed E-state index contributed by atoms with van der Waals surface area (Å²) in [4.78, 5) is 0. The molecule has 1 aromatic rings. The van der Waals surface area contributed by atoms with Crippen LogP contribution in [-0.2, 0) is 11.2 Å². The maximum atomic E-state index is 5.80. The van der Waals surface area contributed by atoms with E-state index in [0.29, 0.717) is 6.04 Å². The molecule has 3 heteroatoms. The van der Waals surface area contributed by atoms with E-state index in [2.05, 4.69) is 17.4 Å². The molecule has 1 heterocycles. The third-order valence-electron chi connectivity index (χ3n) is 2.40. The van der Waals surface area contributed by atoms with E-state index < -0.39 is 0 Å². The van der Waals surface area contributed by atoms with Crippen molar-refractivity contribution in [1.29, 1.82) is 0 Å². The predicted octanol–water partition coefficient (Wildman–Crippen LogP) is 1.87. The van der Waals surface area contributed by atoms with E-state index in [4.69, 9.17) is 16.3 Å². The average molecular weight is 212 g/mol. The molecule has 14 heavy (non-hydrogen) atoms. The lowest BCUT2D eigenvalue weighted by molar-refractivity contribution is -0.00467. The van der Waals surface area contributed by atoms with Crippen molar-refractivity contribution in [2.24, 2.45) is 0 Å². The highest BCUT2D eigenvalue weighted by atomic mass is 35.5. The number of ether oxygens (including phenoxy) is 1. The van der Waals surface area contributed by atoms with Gasteiger partial charge in [-0.05, 0) is 30.7 Å². The molecular weight excluding hydrogens is 198 g/mol. The summed E-state index contributed by atoms with van der Waals surface area (Å²) in [5, 5.41) is 4.22. The van der Waals surface area contributed by atoms with Crippen molar-refractivity contribution in [3.8, 4) is 0 Å². The van der Waals surface area contributed by atoms with E-state index in [1.165, 1.54) is 5.56 Å². The van der Waals surface area contributed by atoms with E-state index in [1.807, 2.05) is 12.1 Å². The Kier molecular flexibility index (Phi) is 3.40. The standard InChI is InChI=1S/C11H14ClNO/c12-10-3-1-9(2-4-10)5-6-13-11-7-14-8-11/h1-4,11,13H,5-8H2. The van der Waals surface area contributed by atoms with Crippen LogP contribution >= 0.6 is 11.6 Å². The molecule has 1 fully saturated rings. The van der Waals surface area contributed by atoms with E-state index in [9.17, 15) is 0 Å². The molecule has 0 saturated carbocycles. The number of halogens is 1. The van der Waals surface area contributed by atoms with Gasteiger partial charge in [0.1, 0.15) is 0 Å². The first kappa shape index (κ1) is 9.97. The Morgan fingerprint density at radius 1 is 1.29 bits per heavy atom. The molecule has 0 unspecified atom stereocenters. The second-order valence-electron chi connectivity index (χ2n) is 3.56. The summed E-state index contributed by atoms with van der Waals surface area (Å²) < 4.78 is 5.07. The molecule has 1 N–H and O–H groups in total. The number of hydrogen-bond donors (Lipinski definition) is 1. The average Bonchev–Trinajstić information content (AvgIpc) is 2.12. The smallest absolute Gasteiger partial charge is 0.0643 e. The molecule has 2 rings (SSSR count). The van der Waals surface area contributed by atoms with Gasteiger partial charge < -0.3 is 10.1 Å². The van der Waals surface area contributed by atoms with Gasteiger partial charge in [0.2, 0.25) is 0 Å². The van der Waals surface area contributed by atoms with Crippen LogP contribution in [0.2, 0.25) is 5.02 Å². The Morgan fingerprint density at radius 3 is 2.57 bits per heavy atom. The Bertz CT molecular complexity index is 282. The van der Waals surface area contributed by atoms with Crippen molar-refractivity contribution >= 4 is 11.6 Å². The maximum Gasteiger partial charge on any atom is 0.0643 e. The zero-order valence-electron chi connectivity index (χ0n) is 8.00. The molecule has 0 aromatic heterocycles. The van der Waals surface area contributed by atoms with Crippen LogP contribution in [0.3, 0.4) is 0 Å². The predicted molar refractivity (Wildman–Crippen MR) is 57.8 cm³/mol. The van der Waals surface area contributed by atoms with Crippen LogP contribution < -0.4 is 5.32 Å². The first-order valence-corrected chi connectivity index (χ1v) is 5.28. The molecular formula is C11H14ClNO. The van der Waals surface area contributed by atoms with Gasteiger partial charge in [-0.3, -0.25) is 0 Å². The fourth-order valence-corrected chi connectivity index (χ4v) is 1.55. The van der Waals surface area contributed by atoms with E-state index in [0.717, 1.165) is 31.2 Å². The van der Waals surface area contributed by atoms with Crippen LogP contribution in [0.25, 0.3) is 0 Å². The van der Waals surface area contributed by atoms with E-state index in [-0.39, 0.29) is 0 Å². The second kappa shape index (κ2) is 4.78. The third-order valence-corrected chi connectivity index (χ3v) is 2.65. The summed E-state index contributed by atoms with van der Waals surface area (Å²) in [6.45, 7) is 2.73. The zero-order chi connectivity index (χ0) is 9.80.